The van der Waals surface area contributed by atoms with Gasteiger partial charge in [-0.15, -0.1) is 0 Å². The van der Waals surface area contributed by atoms with E-state index in [9.17, 15) is 4.39 Å². The van der Waals surface area contributed by atoms with Gasteiger partial charge in [0.25, 0.3) is 0 Å². The molecule has 2 aromatic carbocycles. The van der Waals surface area contributed by atoms with Gasteiger partial charge in [-0.05, 0) is 48.9 Å². The van der Waals surface area contributed by atoms with Gasteiger partial charge in [0.2, 0.25) is 0 Å². The number of hydrogen-bond acceptors (Lipinski definition) is 1. The normalized spacial score (nSPS) is 10.7. The Balaban J connectivity index is 2.44. The minimum atomic E-state index is -0.285. The summed E-state index contributed by atoms with van der Waals surface area (Å²) in [6.07, 6.45) is 0. The fraction of sp³-hybridized carbons (Fsp3) is 0.200. The van der Waals surface area contributed by atoms with Gasteiger partial charge >= 0.3 is 0 Å². The van der Waals surface area contributed by atoms with E-state index in [1.807, 2.05) is 26.1 Å². The van der Waals surface area contributed by atoms with Gasteiger partial charge in [0.15, 0.2) is 0 Å². The van der Waals surface area contributed by atoms with E-state index >= 15 is 0 Å². The Morgan fingerprint density at radius 1 is 1.11 bits per heavy atom. The molecule has 0 unspecified atom stereocenters. The molecule has 0 heterocycles. The first-order chi connectivity index (χ1) is 8.61. The molecule has 0 bridgehead atoms. The van der Waals surface area contributed by atoms with Crippen LogP contribution in [0.4, 0.5) is 4.39 Å². The minimum absolute atomic E-state index is 0.285. The lowest BCUT2D eigenvalue weighted by Gasteiger charge is -2.10. The molecule has 0 spiro atoms. The summed E-state index contributed by atoms with van der Waals surface area (Å²) in [5, 5.41) is 3.52. The number of hydrogen-bond donors (Lipinski definition) is 1. The summed E-state index contributed by atoms with van der Waals surface area (Å²) in [4.78, 5) is 0. The molecule has 1 nitrogen and oxygen atoms in total. The summed E-state index contributed by atoms with van der Waals surface area (Å²) in [7, 11) is 1.90. The van der Waals surface area contributed by atoms with Crippen LogP contribution in [0.3, 0.4) is 0 Å². The number of rotatable bonds is 3. The smallest absolute Gasteiger partial charge is 0.132 e. The molecule has 0 atom stereocenters. The number of nitrogens with one attached hydrogen (secondary N) is 1. The molecule has 0 aliphatic carbocycles. The van der Waals surface area contributed by atoms with E-state index in [0.29, 0.717) is 10.6 Å². The standard InChI is InChI=1S/C15H15ClFN/c1-10-7-11(9-18-2)3-5-13(10)14-6-4-12(16)8-15(14)17/h3-8,18H,9H2,1-2H3. The van der Waals surface area contributed by atoms with Gasteiger partial charge < -0.3 is 5.32 Å². The number of benzene rings is 2. The van der Waals surface area contributed by atoms with Crippen molar-refractivity contribution in [2.75, 3.05) is 7.05 Å². The molecule has 0 amide bonds. The molecule has 3 heteroatoms. The predicted molar refractivity (Wildman–Crippen MR) is 74.3 cm³/mol. The van der Waals surface area contributed by atoms with Crippen LogP contribution in [0.25, 0.3) is 11.1 Å². The summed E-state index contributed by atoms with van der Waals surface area (Å²) in [5.41, 5.74) is 3.74. The van der Waals surface area contributed by atoms with Crippen molar-refractivity contribution < 1.29 is 4.39 Å². The van der Waals surface area contributed by atoms with Crippen LogP contribution < -0.4 is 5.32 Å². The molecule has 0 aromatic heterocycles. The van der Waals surface area contributed by atoms with Crippen molar-refractivity contribution in [1.29, 1.82) is 0 Å². The molecule has 2 rings (SSSR count). The van der Waals surface area contributed by atoms with Crippen LogP contribution in [-0.4, -0.2) is 7.05 Å². The quantitative estimate of drug-likeness (QED) is 0.876. The average Bonchev–Trinajstić information content (AvgIpc) is 2.31. The Morgan fingerprint density at radius 2 is 1.83 bits per heavy atom. The van der Waals surface area contributed by atoms with Crippen LogP contribution >= 0.6 is 11.6 Å². The average molecular weight is 264 g/mol. The van der Waals surface area contributed by atoms with Crippen molar-refractivity contribution in [3.63, 3.8) is 0 Å². The van der Waals surface area contributed by atoms with Crippen LogP contribution in [0.5, 0.6) is 0 Å². The Hall–Kier alpha value is -1.38. The second kappa shape index (κ2) is 5.51. The first kappa shape index (κ1) is 13.1. The fourth-order valence-corrected chi connectivity index (χ4v) is 2.21. The number of halogens is 2. The highest BCUT2D eigenvalue weighted by molar-refractivity contribution is 6.30. The van der Waals surface area contributed by atoms with Gasteiger partial charge in [-0.3, -0.25) is 0 Å². The third kappa shape index (κ3) is 2.71. The molecule has 0 saturated heterocycles. The maximum absolute atomic E-state index is 13.9. The molecule has 0 fully saturated rings. The molecular weight excluding hydrogens is 249 g/mol. The highest BCUT2D eigenvalue weighted by Crippen LogP contribution is 2.28. The largest absolute Gasteiger partial charge is 0.316 e. The Kier molecular flexibility index (Phi) is 4.00. The zero-order chi connectivity index (χ0) is 13.1. The van der Waals surface area contributed by atoms with Crippen LogP contribution in [0, 0.1) is 12.7 Å². The van der Waals surface area contributed by atoms with Crippen molar-refractivity contribution in [1.82, 2.24) is 5.32 Å². The first-order valence-corrected chi connectivity index (χ1v) is 6.19. The van der Waals surface area contributed by atoms with E-state index in [2.05, 4.69) is 11.4 Å². The van der Waals surface area contributed by atoms with Crippen LogP contribution in [0.15, 0.2) is 36.4 Å². The predicted octanol–water partition coefficient (Wildman–Crippen LogP) is 4.17. The lowest BCUT2D eigenvalue weighted by atomic mass is 9.98. The van der Waals surface area contributed by atoms with E-state index in [1.54, 1.807) is 12.1 Å². The van der Waals surface area contributed by atoms with E-state index in [0.717, 1.165) is 17.7 Å². The molecule has 0 radical (unpaired) electrons. The van der Waals surface area contributed by atoms with Gasteiger partial charge in [-0.1, -0.05) is 29.8 Å². The maximum atomic E-state index is 13.9. The van der Waals surface area contributed by atoms with Crippen LogP contribution in [0.1, 0.15) is 11.1 Å². The summed E-state index contributed by atoms with van der Waals surface area (Å²) >= 11 is 5.76. The van der Waals surface area contributed by atoms with Crippen molar-refractivity contribution in [2.45, 2.75) is 13.5 Å². The molecule has 94 valence electrons. The molecular formula is C15H15ClFN. The van der Waals surface area contributed by atoms with E-state index in [4.69, 9.17) is 11.6 Å². The van der Waals surface area contributed by atoms with Gasteiger partial charge in [0, 0.05) is 17.1 Å². The second-order valence-electron chi connectivity index (χ2n) is 4.30. The van der Waals surface area contributed by atoms with Crippen molar-refractivity contribution in [2.24, 2.45) is 0 Å². The lowest BCUT2D eigenvalue weighted by molar-refractivity contribution is 0.631. The molecule has 0 aliphatic rings. The monoisotopic (exact) mass is 263 g/mol. The molecule has 2 aromatic rings. The molecule has 1 N–H and O–H groups in total. The molecule has 18 heavy (non-hydrogen) atoms. The Morgan fingerprint density at radius 3 is 2.44 bits per heavy atom. The highest BCUT2D eigenvalue weighted by Gasteiger charge is 2.08. The maximum Gasteiger partial charge on any atom is 0.132 e. The SMILES string of the molecule is CNCc1ccc(-c2ccc(Cl)cc2F)c(C)c1. The summed E-state index contributed by atoms with van der Waals surface area (Å²) in [6, 6.07) is 10.8. The van der Waals surface area contributed by atoms with Gasteiger partial charge in [0.05, 0.1) is 0 Å². The zero-order valence-electron chi connectivity index (χ0n) is 10.4. The highest BCUT2D eigenvalue weighted by atomic mass is 35.5. The van der Waals surface area contributed by atoms with Crippen molar-refractivity contribution >= 4 is 11.6 Å². The van der Waals surface area contributed by atoms with Crippen LogP contribution in [-0.2, 0) is 6.54 Å². The van der Waals surface area contributed by atoms with Gasteiger partial charge in [-0.2, -0.15) is 0 Å². The van der Waals surface area contributed by atoms with Crippen LogP contribution in [0.2, 0.25) is 5.02 Å². The van der Waals surface area contributed by atoms with E-state index in [1.165, 1.54) is 11.6 Å². The number of aryl methyl sites for hydroxylation is 1. The zero-order valence-corrected chi connectivity index (χ0v) is 11.2. The lowest BCUT2D eigenvalue weighted by Crippen LogP contribution is -2.05. The summed E-state index contributed by atoms with van der Waals surface area (Å²) < 4.78 is 13.9. The van der Waals surface area contributed by atoms with Crippen molar-refractivity contribution in [3.05, 3.63) is 58.4 Å². The second-order valence-corrected chi connectivity index (χ2v) is 4.74. The molecule has 0 saturated carbocycles. The van der Waals surface area contributed by atoms with E-state index in [-0.39, 0.29) is 5.82 Å². The first-order valence-electron chi connectivity index (χ1n) is 5.81. The Bertz CT molecular complexity index is 566. The minimum Gasteiger partial charge on any atom is -0.316 e. The summed E-state index contributed by atoms with van der Waals surface area (Å²) in [6.45, 7) is 2.80. The van der Waals surface area contributed by atoms with Crippen molar-refractivity contribution in [3.8, 4) is 11.1 Å². The van der Waals surface area contributed by atoms with E-state index < -0.39 is 0 Å². The third-order valence-electron chi connectivity index (χ3n) is 2.89. The summed E-state index contributed by atoms with van der Waals surface area (Å²) in [5.74, 6) is -0.285. The Labute approximate surface area is 112 Å². The molecule has 0 aliphatic heterocycles. The fourth-order valence-electron chi connectivity index (χ4n) is 2.05. The van der Waals surface area contributed by atoms with Gasteiger partial charge in [-0.25, -0.2) is 4.39 Å². The topological polar surface area (TPSA) is 12.0 Å². The van der Waals surface area contributed by atoms with Gasteiger partial charge in [0.1, 0.15) is 5.82 Å². The third-order valence-corrected chi connectivity index (χ3v) is 3.13.